The Kier molecular flexibility index (Phi) is 1.73. The van der Waals surface area contributed by atoms with Crippen molar-refractivity contribution in [1.82, 2.24) is 4.90 Å². The van der Waals surface area contributed by atoms with Crippen molar-refractivity contribution in [2.24, 2.45) is 0 Å². The van der Waals surface area contributed by atoms with E-state index < -0.39 is 6.04 Å². The SMILES string of the molecule is [3H]OC[C@@H]1C=CC(=O)N1C(B)=O. The van der Waals surface area contributed by atoms with E-state index in [9.17, 15) is 9.59 Å². The van der Waals surface area contributed by atoms with Gasteiger partial charge in [0, 0.05) is 6.08 Å². The normalized spacial score (nSPS) is 24.0. The minimum atomic E-state index is -0.410. The quantitative estimate of drug-likeness (QED) is 0.493. The van der Waals surface area contributed by atoms with Crippen LogP contribution in [-0.4, -0.2) is 43.6 Å². The Bertz CT molecular complexity index is 243. The van der Waals surface area contributed by atoms with Crippen molar-refractivity contribution in [1.29, 1.82) is 1.43 Å². The summed E-state index contributed by atoms with van der Waals surface area (Å²) in [5.41, 5.74) is 0. The van der Waals surface area contributed by atoms with Gasteiger partial charge in [-0.25, -0.2) is 0 Å². The number of rotatable bonds is 2. The van der Waals surface area contributed by atoms with Crippen LogP contribution in [0.5, 0.6) is 0 Å². The van der Waals surface area contributed by atoms with Crippen LogP contribution in [0.4, 0.5) is 4.79 Å². The molecular weight excluding hydrogens is 145 g/mol. The summed E-state index contributed by atoms with van der Waals surface area (Å²) in [6, 6.07) is -0.410. The predicted octanol–water partition coefficient (Wildman–Crippen LogP) is -1.50. The molecule has 58 valence electrons. The highest BCUT2D eigenvalue weighted by atomic mass is 16.3. The van der Waals surface area contributed by atoms with E-state index in [0.717, 1.165) is 4.90 Å². The summed E-state index contributed by atoms with van der Waals surface area (Å²) in [6.45, 7) is 0.0296. The van der Waals surface area contributed by atoms with Crippen molar-refractivity contribution in [3.63, 3.8) is 0 Å². The molecule has 0 spiro atoms. The third kappa shape index (κ3) is 1.32. The summed E-state index contributed by atoms with van der Waals surface area (Å²) < 4.78 is 6.48. The zero-order chi connectivity index (χ0) is 9.14. The van der Waals surface area contributed by atoms with Crippen molar-refractivity contribution >= 4 is 19.6 Å². The maximum atomic E-state index is 11.0. The van der Waals surface area contributed by atoms with Crippen LogP contribution in [0, 0.1) is 0 Å². The molecule has 0 bridgehead atoms. The lowest BCUT2D eigenvalue weighted by molar-refractivity contribution is -0.123. The van der Waals surface area contributed by atoms with Crippen molar-refractivity contribution in [2.45, 2.75) is 6.04 Å². The molecule has 0 fully saturated rings. The molecule has 0 aliphatic carbocycles. The third-order valence-electron chi connectivity index (χ3n) is 1.54. The Morgan fingerprint density at radius 3 is 3.27 bits per heavy atom. The molecule has 0 aromatic rings. The van der Waals surface area contributed by atoms with E-state index in [-0.39, 0.29) is 18.3 Å². The van der Waals surface area contributed by atoms with Crippen LogP contribution in [0.1, 0.15) is 0 Å². The lowest BCUT2D eigenvalue weighted by Crippen LogP contribution is -2.40. The predicted molar refractivity (Wildman–Crippen MR) is 40.8 cm³/mol. The second kappa shape index (κ2) is 2.88. The number of aliphatic hydroxyl groups is 1. The molecule has 1 rings (SSSR count). The number of carbonyl (C=O) groups excluding carboxylic acids is 2. The minimum Gasteiger partial charge on any atom is -0.394 e. The second-order valence-corrected chi connectivity index (χ2v) is 2.32. The van der Waals surface area contributed by atoms with Crippen LogP contribution < -0.4 is 0 Å². The van der Waals surface area contributed by atoms with Crippen LogP contribution in [0.2, 0.25) is 0 Å². The van der Waals surface area contributed by atoms with Crippen LogP contribution in [0.3, 0.4) is 0 Å². The Labute approximate surface area is 66.4 Å². The van der Waals surface area contributed by atoms with Crippen molar-refractivity contribution in [3.8, 4) is 0 Å². The monoisotopic (exact) mass is 155 g/mol. The van der Waals surface area contributed by atoms with Crippen LogP contribution in [-0.2, 0) is 4.79 Å². The highest BCUT2D eigenvalue weighted by Crippen LogP contribution is 2.09. The van der Waals surface area contributed by atoms with E-state index in [1.807, 2.05) is 0 Å². The number of carbonyl (C=O) groups is 2. The molecule has 1 aliphatic rings. The molecule has 1 aliphatic heterocycles. The van der Waals surface area contributed by atoms with Gasteiger partial charge in [0.05, 0.1) is 12.6 Å². The van der Waals surface area contributed by atoms with Gasteiger partial charge in [-0.15, -0.1) is 0 Å². The molecule has 0 aromatic carbocycles. The van der Waals surface area contributed by atoms with Crippen molar-refractivity contribution < 1.29 is 14.7 Å². The Morgan fingerprint density at radius 2 is 2.73 bits per heavy atom. The maximum Gasteiger partial charge on any atom is 0.252 e. The number of amides is 2. The first-order valence-electron chi connectivity index (χ1n) is 3.67. The number of imide groups is 1. The van der Waals surface area contributed by atoms with Gasteiger partial charge in [-0.3, -0.25) is 14.5 Å². The van der Waals surface area contributed by atoms with Gasteiger partial charge in [0.25, 0.3) is 5.91 Å². The summed E-state index contributed by atoms with van der Waals surface area (Å²) >= 11 is 0. The molecular formula is C6H8BNO3. The molecule has 1 heterocycles. The summed E-state index contributed by atoms with van der Waals surface area (Å²) in [5.74, 6) is -0.670. The summed E-state index contributed by atoms with van der Waals surface area (Å²) in [7, 11) is 1.31. The lowest BCUT2D eigenvalue weighted by atomic mass is 10.1. The second-order valence-electron chi connectivity index (χ2n) is 2.32. The molecule has 2 amide bonds. The minimum absolute atomic E-state index is 0.0296. The fourth-order valence-electron chi connectivity index (χ4n) is 1.04. The standard InChI is InChI=1S/C6H8BNO3/c7-6(11)8-4(3-9)1-2-5(8)10/h1-2,4,9H,3,7H2/t4-/m0/s1/i9T. The first-order chi connectivity index (χ1) is 5.66. The van der Waals surface area contributed by atoms with Gasteiger partial charge in [-0.2, -0.15) is 0 Å². The van der Waals surface area contributed by atoms with E-state index >= 15 is 0 Å². The van der Waals surface area contributed by atoms with Gasteiger partial charge >= 0.3 is 0 Å². The van der Waals surface area contributed by atoms with Crippen molar-refractivity contribution in [2.75, 3.05) is 6.61 Å². The van der Waals surface area contributed by atoms with Crippen LogP contribution >= 0.6 is 0 Å². The average molecular weight is 155 g/mol. The van der Waals surface area contributed by atoms with E-state index in [2.05, 4.69) is 5.11 Å². The molecule has 5 heteroatoms. The molecule has 0 aromatic heterocycles. The number of hydrogen-bond donors (Lipinski definition) is 1. The summed E-state index contributed by atoms with van der Waals surface area (Å²) in [5, 5.41) is 4.11. The molecule has 0 unspecified atom stereocenters. The van der Waals surface area contributed by atoms with Crippen LogP contribution in [0.25, 0.3) is 0 Å². The number of nitrogens with zero attached hydrogens (tertiary/aromatic N) is 1. The largest absolute Gasteiger partial charge is 0.394 e. The van der Waals surface area contributed by atoms with E-state index in [1.165, 1.54) is 13.9 Å². The van der Waals surface area contributed by atoms with E-state index in [0.29, 0.717) is 0 Å². The summed E-state index contributed by atoms with van der Waals surface area (Å²) in [6.07, 6.45) is 2.86. The van der Waals surface area contributed by atoms with Gasteiger partial charge in [-0.05, 0) is 0 Å². The molecule has 4 nitrogen and oxygen atoms in total. The van der Waals surface area contributed by atoms with Crippen LogP contribution in [0.15, 0.2) is 12.2 Å². The topological polar surface area (TPSA) is 57.6 Å². The third-order valence-corrected chi connectivity index (χ3v) is 1.54. The average Bonchev–Trinajstić information content (AvgIpc) is 2.32. The number of aliphatic hydroxyl groups excluding tert-OH is 1. The van der Waals surface area contributed by atoms with Crippen molar-refractivity contribution in [3.05, 3.63) is 12.2 Å². The molecule has 11 heavy (non-hydrogen) atoms. The zero-order valence-electron chi connectivity index (χ0n) is 7.11. The van der Waals surface area contributed by atoms with Gasteiger partial charge in [-0.1, -0.05) is 6.08 Å². The summed E-state index contributed by atoms with van der Waals surface area (Å²) in [4.78, 5) is 23.0. The zero-order valence-corrected chi connectivity index (χ0v) is 6.11. The van der Waals surface area contributed by atoms with E-state index in [1.54, 1.807) is 6.08 Å². The smallest absolute Gasteiger partial charge is 0.252 e. The first kappa shape index (κ1) is 6.60. The molecule has 0 saturated heterocycles. The molecule has 1 atom stereocenters. The Hall–Kier alpha value is -1.10. The lowest BCUT2D eigenvalue weighted by Gasteiger charge is -2.18. The van der Waals surface area contributed by atoms with Gasteiger partial charge < -0.3 is 5.11 Å². The first-order valence-corrected chi connectivity index (χ1v) is 3.27. The van der Waals surface area contributed by atoms with Gasteiger partial charge in [0.15, 0.2) is 5.81 Å². The Balaban J connectivity index is 2.69. The highest BCUT2D eigenvalue weighted by molar-refractivity contribution is 6.58. The maximum absolute atomic E-state index is 11.0. The fourth-order valence-corrected chi connectivity index (χ4v) is 1.04. The molecule has 0 radical (unpaired) electrons. The molecule has 1 N–H and O–H groups in total. The number of hydrogen-bond acceptors (Lipinski definition) is 3. The molecule has 0 saturated carbocycles. The Morgan fingerprint density at radius 1 is 2.00 bits per heavy atom. The highest BCUT2D eigenvalue weighted by Gasteiger charge is 2.27. The fraction of sp³-hybridized carbons (Fsp3) is 0.333. The van der Waals surface area contributed by atoms with Gasteiger partial charge in [0.2, 0.25) is 9.28 Å². The van der Waals surface area contributed by atoms with E-state index in [4.69, 9.17) is 1.43 Å². The van der Waals surface area contributed by atoms with Gasteiger partial charge in [0.1, 0.15) is 0 Å².